The molecule has 0 spiro atoms. The maximum atomic E-state index is 9.74. The van der Waals surface area contributed by atoms with E-state index in [2.05, 4.69) is 71.2 Å². The van der Waals surface area contributed by atoms with Gasteiger partial charge in [0.05, 0.1) is 12.6 Å². The van der Waals surface area contributed by atoms with Crippen LogP contribution in [0.3, 0.4) is 0 Å². The summed E-state index contributed by atoms with van der Waals surface area (Å²) in [6.45, 7) is 2.27. The Bertz CT molecular complexity index is 526. The molecule has 0 radical (unpaired) electrons. The fourth-order valence-corrected chi connectivity index (χ4v) is 2.66. The number of likely N-dealkylation sites (N-methyl/N-ethyl adjacent to an activating group) is 1. The van der Waals surface area contributed by atoms with Gasteiger partial charge in [0.15, 0.2) is 0 Å². The maximum absolute atomic E-state index is 9.74. The minimum atomic E-state index is 0.00912. The number of rotatable bonds is 5. The Morgan fingerprint density at radius 3 is 2.15 bits per heavy atom. The van der Waals surface area contributed by atoms with Crippen molar-refractivity contribution in [1.82, 2.24) is 4.90 Å². The van der Waals surface area contributed by atoms with Crippen molar-refractivity contribution in [3.8, 4) is 0 Å². The summed E-state index contributed by atoms with van der Waals surface area (Å²) in [5, 5.41) is 9.74. The minimum Gasteiger partial charge on any atom is -0.394 e. The highest BCUT2D eigenvalue weighted by atomic mass is 79.9. The van der Waals surface area contributed by atoms with E-state index in [1.807, 2.05) is 18.2 Å². The normalized spacial score (nSPS) is 14.2. The highest BCUT2D eigenvalue weighted by Crippen LogP contribution is 2.29. The summed E-state index contributed by atoms with van der Waals surface area (Å²) in [4.78, 5) is 2.21. The second-order valence-corrected chi connectivity index (χ2v) is 5.92. The third-order valence-electron chi connectivity index (χ3n) is 3.81. The summed E-state index contributed by atoms with van der Waals surface area (Å²) in [7, 11) is 2.06. The molecule has 2 aromatic carbocycles. The molecule has 2 aromatic rings. The number of aliphatic hydroxyl groups excluding tert-OH is 1. The zero-order valence-corrected chi connectivity index (χ0v) is 13.4. The number of hydrogen-bond acceptors (Lipinski definition) is 2. The molecule has 20 heavy (non-hydrogen) atoms. The van der Waals surface area contributed by atoms with Gasteiger partial charge in [0.25, 0.3) is 0 Å². The Morgan fingerprint density at radius 2 is 1.60 bits per heavy atom. The van der Waals surface area contributed by atoms with Crippen molar-refractivity contribution in [2.45, 2.75) is 19.0 Å². The molecule has 0 amide bonds. The fourth-order valence-electron chi connectivity index (χ4n) is 2.39. The average molecular weight is 334 g/mol. The summed E-state index contributed by atoms with van der Waals surface area (Å²) in [5.74, 6) is 0. The second kappa shape index (κ2) is 7.02. The molecule has 0 aromatic heterocycles. The van der Waals surface area contributed by atoms with Crippen LogP contribution < -0.4 is 0 Å². The average Bonchev–Trinajstić information content (AvgIpc) is 2.49. The van der Waals surface area contributed by atoms with Gasteiger partial charge in [-0.3, -0.25) is 4.90 Å². The first-order valence-electron chi connectivity index (χ1n) is 6.76. The van der Waals surface area contributed by atoms with Crippen LogP contribution in [0, 0.1) is 0 Å². The molecule has 0 unspecified atom stereocenters. The molecule has 2 atom stereocenters. The van der Waals surface area contributed by atoms with Gasteiger partial charge in [-0.15, -0.1) is 0 Å². The molecule has 2 rings (SSSR count). The Balaban J connectivity index is 2.20. The zero-order chi connectivity index (χ0) is 14.5. The van der Waals surface area contributed by atoms with Crippen LogP contribution in [-0.4, -0.2) is 23.7 Å². The van der Waals surface area contributed by atoms with Gasteiger partial charge in [0, 0.05) is 10.5 Å². The van der Waals surface area contributed by atoms with E-state index in [0.717, 1.165) is 10.0 Å². The van der Waals surface area contributed by atoms with Gasteiger partial charge >= 0.3 is 0 Å². The lowest BCUT2D eigenvalue weighted by atomic mass is 10.0. The molecule has 2 nitrogen and oxygen atoms in total. The summed E-state index contributed by atoms with van der Waals surface area (Å²) >= 11 is 3.46. The van der Waals surface area contributed by atoms with Crippen LogP contribution in [-0.2, 0) is 0 Å². The molecule has 0 aliphatic heterocycles. The van der Waals surface area contributed by atoms with E-state index in [9.17, 15) is 5.11 Å². The van der Waals surface area contributed by atoms with Gasteiger partial charge in [-0.1, -0.05) is 58.4 Å². The predicted molar refractivity (Wildman–Crippen MR) is 86.6 cm³/mol. The lowest BCUT2D eigenvalue weighted by Gasteiger charge is -2.32. The summed E-state index contributed by atoms with van der Waals surface area (Å²) in [6.07, 6.45) is 0. The first-order chi connectivity index (χ1) is 9.63. The predicted octanol–water partition coefficient (Wildman–Crippen LogP) is 4.18. The number of hydrogen-bond donors (Lipinski definition) is 1. The Labute approximate surface area is 129 Å². The lowest BCUT2D eigenvalue weighted by molar-refractivity contribution is 0.115. The van der Waals surface area contributed by atoms with Crippen LogP contribution in [0.15, 0.2) is 59.1 Å². The van der Waals surface area contributed by atoms with Crippen molar-refractivity contribution in [2.24, 2.45) is 0 Å². The van der Waals surface area contributed by atoms with Crippen LogP contribution in [0.5, 0.6) is 0 Å². The minimum absolute atomic E-state index is 0.00912. The topological polar surface area (TPSA) is 23.5 Å². The smallest absolute Gasteiger partial charge is 0.0628 e. The van der Waals surface area contributed by atoms with Crippen molar-refractivity contribution in [2.75, 3.05) is 13.7 Å². The third-order valence-corrected chi connectivity index (χ3v) is 4.34. The molecular weight excluding hydrogens is 314 g/mol. The van der Waals surface area contributed by atoms with Gasteiger partial charge in [-0.25, -0.2) is 0 Å². The van der Waals surface area contributed by atoms with E-state index >= 15 is 0 Å². The molecular formula is C17H20BrNO. The van der Waals surface area contributed by atoms with Crippen molar-refractivity contribution in [1.29, 1.82) is 0 Å². The molecule has 0 fully saturated rings. The summed E-state index contributed by atoms with van der Waals surface area (Å²) < 4.78 is 1.08. The van der Waals surface area contributed by atoms with Gasteiger partial charge < -0.3 is 5.11 Å². The standard InChI is InChI=1S/C17H20BrNO/c1-13(14-8-10-16(18)11-9-14)19(2)17(12-20)15-6-4-3-5-7-15/h3-11,13,17,20H,12H2,1-2H3/t13-,17+/m1/s1. The monoisotopic (exact) mass is 333 g/mol. The van der Waals surface area contributed by atoms with E-state index in [4.69, 9.17) is 0 Å². The van der Waals surface area contributed by atoms with Crippen molar-refractivity contribution in [3.05, 3.63) is 70.2 Å². The highest BCUT2D eigenvalue weighted by molar-refractivity contribution is 9.10. The van der Waals surface area contributed by atoms with Crippen molar-refractivity contribution < 1.29 is 5.11 Å². The fraction of sp³-hybridized carbons (Fsp3) is 0.294. The van der Waals surface area contributed by atoms with Gasteiger partial charge in [0.1, 0.15) is 0 Å². The molecule has 0 saturated heterocycles. The lowest BCUT2D eigenvalue weighted by Crippen LogP contribution is -2.30. The highest BCUT2D eigenvalue weighted by Gasteiger charge is 2.21. The quantitative estimate of drug-likeness (QED) is 0.887. The summed E-state index contributed by atoms with van der Waals surface area (Å²) in [5.41, 5.74) is 2.38. The van der Waals surface area contributed by atoms with Crippen LogP contribution in [0.2, 0.25) is 0 Å². The van der Waals surface area contributed by atoms with Crippen molar-refractivity contribution >= 4 is 15.9 Å². The van der Waals surface area contributed by atoms with Gasteiger partial charge in [-0.2, -0.15) is 0 Å². The summed E-state index contributed by atoms with van der Waals surface area (Å²) in [6, 6.07) is 18.7. The van der Waals surface area contributed by atoms with Crippen LogP contribution in [0.1, 0.15) is 30.1 Å². The largest absolute Gasteiger partial charge is 0.394 e. The SMILES string of the molecule is C[C@H](c1ccc(Br)cc1)N(C)[C@@H](CO)c1ccccc1. The van der Waals surface area contributed by atoms with Gasteiger partial charge in [-0.05, 0) is 37.2 Å². The Kier molecular flexibility index (Phi) is 5.35. The Hall–Kier alpha value is -1.16. The maximum Gasteiger partial charge on any atom is 0.0628 e. The first-order valence-corrected chi connectivity index (χ1v) is 7.56. The molecule has 0 aliphatic rings. The Morgan fingerprint density at radius 1 is 1.00 bits per heavy atom. The molecule has 0 aliphatic carbocycles. The van der Waals surface area contributed by atoms with Gasteiger partial charge in [0.2, 0.25) is 0 Å². The van der Waals surface area contributed by atoms with E-state index in [-0.39, 0.29) is 18.7 Å². The molecule has 0 heterocycles. The number of halogens is 1. The number of benzene rings is 2. The van der Waals surface area contributed by atoms with E-state index in [0.29, 0.717) is 0 Å². The molecule has 0 bridgehead atoms. The molecule has 0 saturated carbocycles. The second-order valence-electron chi connectivity index (χ2n) is 5.00. The molecule has 106 valence electrons. The van der Waals surface area contributed by atoms with Crippen LogP contribution in [0.4, 0.5) is 0 Å². The zero-order valence-electron chi connectivity index (χ0n) is 11.8. The van der Waals surface area contributed by atoms with E-state index < -0.39 is 0 Å². The van der Waals surface area contributed by atoms with Crippen LogP contribution >= 0.6 is 15.9 Å². The van der Waals surface area contributed by atoms with E-state index in [1.165, 1.54) is 5.56 Å². The molecule has 3 heteroatoms. The van der Waals surface area contributed by atoms with Crippen LogP contribution in [0.25, 0.3) is 0 Å². The number of aliphatic hydroxyl groups is 1. The van der Waals surface area contributed by atoms with Crippen molar-refractivity contribution in [3.63, 3.8) is 0 Å². The number of nitrogens with zero attached hydrogens (tertiary/aromatic N) is 1. The first kappa shape index (κ1) is 15.2. The van der Waals surface area contributed by atoms with E-state index in [1.54, 1.807) is 0 Å². The third kappa shape index (κ3) is 3.48. The molecule has 1 N–H and O–H groups in total.